The lowest BCUT2D eigenvalue weighted by atomic mass is 10.2. The maximum atomic E-state index is 5.30. The lowest BCUT2D eigenvalue weighted by Gasteiger charge is -2.24. The van der Waals surface area contributed by atoms with Crippen molar-refractivity contribution in [2.75, 3.05) is 20.3 Å². The molecule has 0 saturated heterocycles. The van der Waals surface area contributed by atoms with Gasteiger partial charge in [-0.15, -0.1) is 0 Å². The molecule has 0 saturated carbocycles. The third-order valence-corrected chi connectivity index (χ3v) is 5.33. The highest BCUT2D eigenvalue weighted by atomic mass is 32.2. The van der Waals surface area contributed by atoms with Crippen LogP contribution in [0.4, 0.5) is 0 Å². The minimum atomic E-state index is 0.375. The smallest absolute Gasteiger partial charge is 0.0522 e. The lowest BCUT2D eigenvalue weighted by molar-refractivity contribution is 0.0300. The Morgan fingerprint density at radius 1 is 0.447 bits per heavy atom. The van der Waals surface area contributed by atoms with Crippen LogP contribution >= 0.6 is 11.8 Å². The molecule has 0 atom stereocenters. The Morgan fingerprint density at radius 3 is 0.737 bits per heavy atom. The monoisotopic (exact) mass is 568 g/mol. The van der Waals surface area contributed by atoms with Gasteiger partial charge in [-0.3, -0.25) is 0 Å². The molecule has 238 valence electrons. The fraction of sp³-hybridized carbons (Fsp3) is 1.00. The van der Waals surface area contributed by atoms with Crippen molar-refractivity contribution in [1.82, 2.24) is 4.90 Å². The number of nitrogens with zero attached hydrogens (tertiary/aromatic N) is 1. The van der Waals surface area contributed by atoms with Gasteiger partial charge in [0.05, 0.1) is 24.4 Å². The van der Waals surface area contributed by atoms with E-state index in [9.17, 15) is 0 Å². The van der Waals surface area contributed by atoms with Gasteiger partial charge < -0.3 is 19.1 Å². The van der Waals surface area contributed by atoms with Crippen molar-refractivity contribution in [3.63, 3.8) is 0 Å². The van der Waals surface area contributed by atoms with E-state index >= 15 is 0 Å². The van der Waals surface area contributed by atoms with Gasteiger partial charge in [-0.2, -0.15) is 11.8 Å². The quantitative estimate of drug-likeness (QED) is 0.234. The molecule has 0 bridgehead atoms. The summed E-state index contributed by atoms with van der Waals surface area (Å²) in [6.45, 7) is 44.5. The van der Waals surface area contributed by atoms with Crippen LogP contribution in [0.5, 0.6) is 0 Å². The summed E-state index contributed by atoms with van der Waals surface area (Å²) in [4.78, 5) is 2.33. The molecule has 0 N–H and O–H groups in total. The molecular weight excluding hydrogens is 490 g/mol. The van der Waals surface area contributed by atoms with E-state index in [2.05, 4.69) is 123 Å². The van der Waals surface area contributed by atoms with E-state index in [1.54, 1.807) is 0 Å². The molecule has 0 fully saturated rings. The van der Waals surface area contributed by atoms with Gasteiger partial charge >= 0.3 is 0 Å². The Bertz CT molecular complexity index is 354. The van der Waals surface area contributed by atoms with Crippen molar-refractivity contribution >= 4 is 11.8 Å². The average molecular weight is 568 g/mol. The first-order valence-corrected chi connectivity index (χ1v) is 16.3. The highest BCUT2D eigenvalue weighted by Gasteiger charge is 2.05. The molecule has 38 heavy (non-hydrogen) atoms. The summed E-state index contributed by atoms with van der Waals surface area (Å²) in [6.07, 6.45) is 1.52. The number of rotatable bonds is 12. The Morgan fingerprint density at radius 2 is 0.711 bits per heavy atom. The molecule has 0 aliphatic heterocycles. The van der Waals surface area contributed by atoms with Crippen molar-refractivity contribution in [1.29, 1.82) is 0 Å². The van der Waals surface area contributed by atoms with Crippen LogP contribution < -0.4 is 0 Å². The highest BCUT2D eigenvalue weighted by molar-refractivity contribution is 8.00. The van der Waals surface area contributed by atoms with Gasteiger partial charge in [0.25, 0.3) is 0 Å². The second kappa shape index (κ2) is 31.7. The fourth-order valence-electron chi connectivity index (χ4n) is 2.45. The highest BCUT2D eigenvalue weighted by Crippen LogP contribution is 2.14. The SMILES string of the molecule is CC(C)COC(C)C.CC(C)COC(C)C.CC(C)N(C)C(C)C.CC(C)OC(C)C.CC(C)SC(C)C. The maximum absolute atomic E-state index is 5.30. The van der Waals surface area contributed by atoms with Crippen LogP contribution in [0.3, 0.4) is 0 Å². The number of hydrogen-bond donors (Lipinski definition) is 0. The molecule has 0 aliphatic carbocycles. The Hall–Kier alpha value is 0.190. The van der Waals surface area contributed by atoms with E-state index in [1.165, 1.54) is 0 Å². The third kappa shape index (κ3) is 65.3. The molecule has 0 unspecified atom stereocenters. The number of thioether (sulfide) groups is 1. The topological polar surface area (TPSA) is 30.9 Å². The van der Waals surface area contributed by atoms with Gasteiger partial charge in [0, 0.05) is 25.3 Å². The van der Waals surface area contributed by atoms with E-state index in [1.807, 2.05) is 39.5 Å². The predicted molar refractivity (Wildman–Crippen MR) is 179 cm³/mol. The fourth-order valence-corrected chi connectivity index (χ4v) is 3.54. The largest absolute Gasteiger partial charge is 0.379 e. The van der Waals surface area contributed by atoms with E-state index < -0.39 is 0 Å². The molecule has 0 amide bonds. The van der Waals surface area contributed by atoms with E-state index in [-0.39, 0.29) is 0 Å². The first-order chi connectivity index (χ1) is 17.1. The van der Waals surface area contributed by atoms with Crippen LogP contribution in [0.2, 0.25) is 0 Å². The lowest BCUT2D eigenvalue weighted by Crippen LogP contribution is -2.32. The van der Waals surface area contributed by atoms with Gasteiger partial charge in [0.15, 0.2) is 0 Å². The zero-order valence-electron chi connectivity index (χ0n) is 30.3. The predicted octanol–water partition coefficient (Wildman–Crippen LogP) is 10.2. The molecule has 0 rings (SSSR count). The van der Waals surface area contributed by atoms with Crippen molar-refractivity contribution in [3.8, 4) is 0 Å². The zero-order chi connectivity index (χ0) is 31.6. The molecule has 0 radical (unpaired) electrons. The summed E-state index contributed by atoms with van der Waals surface area (Å²) in [6, 6.07) is 1.35. The summed E-state index contributed by atoms with van der Waals surface area (Å²) < 4.78 is 15.9. The standard InChI is InChI=1S/C7H17N.2C7H16O.C6H14O.C6H14S/c1-6(2)8(5)7(3)4;2*1-6(2)5-8-7(3)4;2*1-5(2)7-6(3)4/h6-7H,1-5H3;2*6-7H,5H2,1-4H3;2*5-6H,1-4H3. The van der Waals surface area contributed by atoms with Crippen molar-refractivity contribution in [3.05, 3.63) is 0 Å². The van der Waals surface area contributed by atoms with Crippen molar-refractivity contribution in [2.45, 2.75) is 185 Å². The Balaban J connectivity index is -0.000000120. The van der Waals surface area contributed by atoms with Gasteiger partial charge in [-0.1, -0.05) is 55.4 Å². The average Bonchev–Trinajstić information content (AvgIpc) is 2.69. The van der Waals surface area contributed by atoms with Crippen LogP contribution in [0, 0.1) is 11.8 Å². The van der Waals surface area contributed by atoms with Crippen molar-refractivity contribution in [2.24, 2.45) is 11.8 Å². The summed E-state index contributed by atoms with van der Waals surface area (Å²) in [7, 11) is 2.15. The summed E-state index contributed by atoms with van der Waals surface area (Å²) in [5.74, 6) is 1.33. The number of hydrogen-bond acceptors (Lipinski definition) is 5. The number of ether oxygens (including phenoxy) is 3. The van der Waals surface area contributed by atoms with Gasteiger partial charge in [0.2, 0.25) is 0 Å². The van der Waals surface area contributed by atoms with E-state index in [4.69, 9.17) is 14.2 Å². The van der Waals surface area contributed by atoms with Crippen LogP contribution in [-0.4, -0.2) is 72.2 Å². The maximum Gasteiger partial charge on any atom is 0.0522 e. The Kier molecular flexibility index (Phi) is 40.0. The first kappa shape index (κ1) is 47.9. The van der Waals surface area contributed by atoms with Gasteiger partial charge in [0.1, 0.15) is 0 Å². The molecule has 0 aromatic heterocycles. The normalized spacial score (nSPS) is 11.4. The van der Waals surface area contributed by atoms with Crippen LogP contribution in [0.1, 0.15) is 138 Å². The molecule has 0 aromatic carbocycles. The molecule has 5 heteroatoms. The van der Waals surface area contributed by atoms with Crippen LogP contribution in [0.25, 0.3) is 0 Å². The summed E-state index contributed by atoms with van der Waals surface area (Å²) in [5, 5.41) is 1.58. The molecule has 4 nitrogen and oxygen atoms in total. The van der Waals surface area contributed by atoms with Crippen molar-refractivity contribution < 1.29 is 14.2 Å². The minimum absolute atomic E-state index is 0.375. The van der Waals surface area contributed by atoms with E-state index in [0.29, 0.717) is 48.3 Å². The van der Waals surface area contributed by atoms with Crippen LogP contribution in [0.15, 0.2) is 0 Å². The second-order valence-corrected chi connectivity index (χ2v) is 15.0. The second-order valence-electron chi connectivity index (χ2n) is 12.9. The first-order valence-electron chi connectivity index (χ1n) is 15.3. The molecule has 0 aliphatic rings. The van der Waals surface area contributed by atoms with Crippen LogP contribution in [-0.2, 0) is 14.2 Å². The molecule has 0 spiro atoms. The third-order valence-electron chi connectivity index (χ3n) is 4.24. The molecular formula is C33H77NO3S. The van der Waals surface area contributed by atoms with E-state index in [0.717, 1.165) is 23.7 Å². The summed E-state index contributed by atoms with van der Waals surface area (Å²) >= 11 is 2.01. The van der Waals surface area contributed by atoms with Gasteiger partial charge in [-0.25, -0.2) is 0 Å². The summed E-state index contributed by atoms with van der Waals surface area (Å²) in [5.41, 5.74) is 0. The minimum Gasteiger partial charge on any atom is -0.379 e. The molecule has 0 aromatic rings. The molecule has 0 heterocycles. The van der Waals surface area contributed by atoms with Gasteiger partial charge in [-0.05, 0) is 112 Å². The Labute approximate surface area is 248 Å². The zero-order valence-corrected chi connectivity index (χ0v) is 31.1.